The molecular formula is C53H37N5. The molecule has 5 heteroatoms. The Morgan fingerprint density at radius 1 is 0.328 bits per heavy atom. The molecule has 0 aliphatic carbocycles. The first-order valence-electron chi connectivity index (χ1n) is 32.7. The lowest BCUT2D eigenvalue weighted by Crippen LogP contribution is -2.01. The van der Waals surface area contributed by atoms with Gasteiger partial charge in [-0.05, 0) is 79.4 Å². The summed E-state index contributed by atoms with van der Waals surface area (Å²) in [5, 5.41) is -2.00. The van der Waals surface area contributed by atoms with Crippen LogP contribution in [0.4, 0.5) is 0 Å². The van der Waals surface area contributed by atoms with Crippen molar-refractivity contribution in [3.8, 4) is 56.7 Å². The number of nitrogens with zero attached hydrogens (tertiary/aromatic N) is 5. The van der Waals surface area contributed by atoms with Gasteiger partial charge in [-0.2, -0.15) is 0 Å². The summed E-state index contributed by atoms with van der Waals surface area (Å²) < 4.78 is 282. The molecule has 274 valence electrons. The van der Waals surface area contributed by atoms with Crippen molar-refractivity contribution in [1.82, 2.24) is 24.1 Å². The summed E-state index contributed by atoms with van der Waals surface area (Å²) in [5.74, 6) is -2.80. The summed E-state index contributed by atoms with van der Waals surface area (Å²) in [6.07, 6.45) is 0. The third kappa shape index (κ3) is 5.67. The van der Waals surface area contributed by atoms with Crippen molar-refractivity contribution in [2.24, 2.45) is 0 Å². The van der Waals surface area contributed by atoms with E-state index in [2.05, 4.69) is 15.0 Å². The monoisotopic (exact) mass is 774 g/mol. The number of fused-ring (bicyclic) bond motifs is 6. The first-order valence-corrected chi connectivity index (χ1v) is 17.2. The molecule has 0 aliphatic heterocycles. The zero-order valence-electron chi connectivity index (χ0n) is 60.7. The molecule has 0 saturated carbocycles. The molecule has 0 radical (unpaired) electrons. The molecule has 0 aliphatic rings. The highest BCUT2D eigenvalue weighted by molar-refractivity contribution is 6.12. The molecule has 0 fully saturated rings. The molecule has 0 bridgehead atoms. The van der Waals surface area contributed by atoms with Crippen LogP contribution in [0.5, 0.6) is 0 Å². The molecule has 58 heavy (non-hydrogen) atoms. The molecule has 11 rings (SSSR count). The largest absolute Gasteiger partial charge is 0.309 e. The van der Waals surface area contributed by atoms with Crippen LogP contribution in [0.2, 0.25) is 0 Å². The second kappa shape index (κ2) is 13.5. The van der Waals surface area contributed by atoms with E-state index in [4.69, 9.17) is 27.4 Å². The quantitative estimate of drug-likeness (QED) is 0.169. The summed E-state index contributed by atoms with van der Waals surface area (Å²) in [7, 11) is 0. The Balaban J connectivity index is 1.30. The van der Waals surface area contributed by atoms with Crippen molar-refractivity contribution in [1.29, 1.82) is 0 Å². The van der Waals surface area contributed by atoms with Crippen molar-refractivity contribution < 1.29 is 42.5 Å². The van der Waals surface area contributed by atoms with E-state index < -0.39 is 288 Å². The number of aromatic nitrogens is 5. The lowest BCUT2D eigenvalue weighted by molar-refractivity contribution is 1.07. The molecule has 0 spiro atoms. The fourth-order valence-corrected chi connectivity index (χ4v) is 6.35. The maximum absolute atomic E-state index is 10.1. The fourth-order valence-electron chi connectivity index (χ4n) is 6.35. The van der Waals surface area contributed by atoms with Gasteiger partial charge in [-0.25, -0.2) is 15.0 Å². The second-order valence-corrected chi connectivity index (χ2v) is 12.6. The highest BCUT2D eigenvalue weighted by Gasteiger charge is 2.18. The third-order valence-electron chi connectivity index (χ3n) is 8.92. The highest BCUT2D eigenvalue weighted by atomic mass is 15.0. The summed E-state index contributed by atoms with van der Waals surface area (Å²) in [5.41, 5.74) is -8.35. The minimum absolute atomic E-state index is 0.0958. The van der Waals surface area contributed by atoms with E-state index in [1.165, 1.54) is 13.8 Å². The van der Waals surface area contributed by atoms with Gasteiger partial charge in [0, 0.05) is 49.6 Å². The molecular weight excluding hydrogens is 707 g/mol. The second-order valence-electron chi connectivity index (χ2n) is 12.6. The number of para-hydroxylation sites is 2. The van der Waals surface area contributed by atoms with E-state index in [1.54, 1.807) is 0 Å². The standard InChI is InChI=1S/C53H37N5/c1-34-19-22-36(23-20-34)37-24-26-39(27-25-37)52-54-51(38-11-4-3-5-12-38)55-53(56-52)40-13-10-14-41(32-40)57-49-29-21-35(2)31-45(49)46-33-42(28-30-50(46)57)58-47-17-8-6-15-43(47)44-16-7-9-18-48(44)58/h3-33H,1-2H3/i3D,4D,5D,6D,7D,8D,9D,10D,11D,12D,13D,14D,15D,16D,17D,18D,19D,20D,21D,22D,23D,24D,25D,26D,27D,28D,29D,30D,31D,32D,33D. The number of benzene rings is 8. The van der Waals surface area contributed by atoms with Crippen LogP contribution in [0.15, 0.2) is 187 Å². The van der Waals surface area contributed by atoms with Crippen molar-refractivity contribution in [2.45, 2.75) is 13.8 Å². The Bertz CT molecular complexity index is 5020. The molecule has 0 unspecified atom stereocenters. The highest BCUT2D eigenvalue weighted by Crippen LogP contribution is 2.38. The van der Waals surface area contributed by atoms with Gasteiger partial charge in [-0.15, -0.1) is 0 Å². The van der Waals surface area contributed by atoms with Crippen molar-refractivity contribution >= 4 is 43.6 Å². The van der Waals surface area contributed by atoms with Crippen LogP contribution in [-0.2, 0) is 0 Å². The van der Waals surface area contributed by atoms with Crippen LogP contribution in [0.25, 0.3) is 100 Å². The Hall–Kier alpha value is -7.63. The van der Waals surface area contributed by atoms with Gasteiger partial charge in [0.2, 0.25) is 0 Å². The van der Waals surface area contributed by atoms with Crippen LogP contribution < -0.4 is 0 Å². The molecule has 3 aromatic heterocycles. The third-order valence-corrected chi connectivity index (χ3v) is 8.92. The van der Waals surface area contributed by atoms with E-state index in [-0.39, 0.29) is 11.1 Å². The SMILES string of the molecule is [2H]c1c([2H])c([2H])c(-c2nc(-c3c([2H])c([2H])c(-c4c([2H])c([2H])c(C)c([2H])c4[2H])c([2H])c3[2H])nc(-c3c([2H])c([2H])c([2H])c(-n4c5c([2H])c([2H])c(C)c([2H])c5c5c([2H])c(-n6c7c([2H])c([2H])c([2H])c([2H])c7c7c([2H])c([2H])c([2H])c([2H])c76)c([2H])c([2H])c54)c3[2H])n2)c([2H])c1[2H]. The molecule has 3 heterocycles. The van der Waals surface area contributed by atoms with Crippen LogP contribution in [-0.4, -0.2) is 24.1 Å². The Morgan fingerprint density at radius 3 is 1.43 bits per heavy atom. The number of rotatable bonds is 6. The molecule has 0 amide bonds. The first kappa shape index (κ1) is 14.7. The first-order chi connectivity index (χ1) is 41.5. The lowest BCUT2D eigenvalue weighted by atomic mass is 10.0. The molecule has 8 aromatic carbocycles. The van der Waals surface area contributed by atoms with Gasteiger partial charge in [0.05, 0.1) is 64.6 Å². The van der Waals surface area contributed by atoms with Crippen LogP contribution >= 0.6 is 0 Å². The van der Waals surface area contributed by atoms with E-state index >= 15 is 0 Å². The van der Waals surface area contributed by atoms with Crippen molar-refractivity contribution in [3.05, 3.63) is 198 Å². The predicted octanol–water partition coefficient (Wildman–Crippen LogP) is 13.4. The molecule has 0 atom stereocenters. The normalized spacial score (nSPS) is 19.1. The van der Waals surface area contributed by atoms with Crippen LogP contribution in [0.1, 0.15) is 53.6 Å². The van der Waals surface area contributed by atoms with Gasteiger partial charge >= 0.3 is 0 Å². The molecule has 11 aromatic rings. The van der Waals surface area contributed by atoms with Crippen molar-refractivity contribution in [2.75, 3.05) is 0 Å². The zero-order chi connectivity index (χ0) is 65.7. The van der Waals surface area contributed by atoms with E-state index in [0.29, 0.717) is 0 Å². The molecule has 0 N–H and O–H groups in total. The van der Waals surface area contributed by atoms with Crippen molar-refractivity contribution in [3.63, 3.8) is 0 Å². The van der Waals surface area contributed by atoms with Gasteiger partial charge < -0.3 is 9.13 Å². The number of hydrogen-bond acceptors (Lipinski definition) is 3. The summed E-state index contributed by atoms with van der Waals surface area (Å²) in [6, 6.07) is -27.3. The van der Waals surface area contributed by atoms with Crippen LogP contribution in [0, 0.1) is 13.8 Å². The van der Waals surface area contributed by atoms with Gasteiger partial charge in [-0.3, -0.25) is 0 Å². The average molecular weight is 775 g/mol. The Labute approximate surface area is 379 Å². The Kier molecular flexibility index (Phi) is 3.43. The minimum Gasteiger partial charge on any atom is -0.309 e. The van der Waals surface area contributed by atoms with Gasteiger partial charge in [0.25, 0.3) is 0 Å². The maximum Gasteiger partial charge on any atom is 0.164 e. The molecule has 0 saturated heterocycles. The van der Waals surface area contributed by atoms with Gasteiger partial charge in [-0.1, -0.05) is 144 Å². The topological polar surface area (TPSA) is 48.5 Å². The lowest BCUT2D eigenvalue weighted by Gasteiger charge is -2.12. The average Bonchev–Trinajstić information content (AvgIpc) is 1.56. The summed E-state index contributed by atoms with van der Waals surface area (Å²) in [4.78, 5) is 13.0. The van der Waals surface area contributed by atoms with Gasteiger partial charge in [0.15, 0.2) is 17.5 Å². The minimum atomic E-state index is -1.11. The smallest absolute Gasteiger partial charge is 0.164 e. The van der Waals surface area contributed by atoms with Crippen LogP contribution in [0.3, 0.4) is 0 Å². The maximum atomic E-state index is 10.1. The number of hydrogen-bond donors (Lipinski definition) is 0. The zero-order valence-corrected chi connectivity index (χ0v) is 29.7. The summed E-state index contributed by atoms with van der Waals surface area (Å²) in [6.45, 7) is 2.56. The molecule has 5 nitrogen and oxygen atoms in total. The Morgan fingerprint density at radius 2 is 0.776 bits per heavy atom. The van der Waals surface area contributed by atoms with Gasteiger partial charge in [0.1, 0.15) is 0 Å². The predicted molar refractivity (Wildman–Crippen MR) is 240 cm³/mol. The fraction of sp³-hybridized carbons (Fsp3) is 0.0377. The van der Waals surface area contributed by atoms with E-state index in [0.717, 1.165) is 9.13 Å². The van der Waals surface area contributed by atoms with E-state index in [1.807, 2.05) is 0 Å². The summed E-state index contributed by atoms with van der Waals surface area (Å²) >= 11 is 0. The van der Waals surface area contributed by atoms with E-state index in [9.17, 15) is 15.1 Å².